The van der Waals surface area contributed by atoms with Gasteiger partial charge in [-0.2, -0.15) is 0 Å². The molecule has 7 nitrogen and oxygen atoms in total. The highest BCUT2D eigenvalue weighted by molar-refractivity contribution is 5.89. The van der Waals surface area contributed by atoms with Crippen LogP contribution in [-0.4, -0.2) is 52.0 Å². The maximum atomic E-state index is 11.8. The Hall–Kier alpha value is -2.28. The Morgan fingerprint density at radius 1 is 1.38 bits per heavy atom. The van der Waals surface area contributed by atoms with Crippen LogP contribution in [0.15, 0.2) is 24.3 Å². The van der Waals surface area contributed by atoms with Crippen LogP contribution in [0.2, 0.25) is 0 Å². The molecule has 114 valence electrons. The molecule has 1 aliphatic rings. The smallest absolute Gasteiger partial charge is 0.414 e. The fraction of sp³-hybridized carbons (Fsp3) is 0.429. The van der Waals surface area contributed by atoms with Crippen molar-refractivity contribution in [2.24, 2.45) is 0 Å². The number of anilines is 1. The minimum absolute atomic E-state index is 0.0111. The molecule has 0 saturated carbocycles. The Morgan fingerprint density at radius 3 is 2.71 bits per heavy atom. The van der Waals surface area contributed by atoms with Crippen LogP contribution >= 0.6 is 0 Å². The first-order chi connectivity index (χ1) is 10.1. The summed E-state index contributed by atoms with van der Waals surface area (Å²) in [5, 5.41) is 2.65. The molecule has 21 heavy (non-hydrogen) atoms. The summed E-state index contributed by atoms with van der Waals surface area (Å²) >= 11 is 0. The molecule has 1 atom stereocenters. The zero-order valence-corrected chi connectivity index (χ0v) is 12.0. The van der Waals surface area contributed by atoms with Crippen molar-refractivity contribution in [2.75, 3.05) is 38.8 Å². The van der Waals surface area contributed by atoms with E-state index in [2.05, 4.69) is 5.32 Å². The molecule has 1 saturated heterocycles. The van der Waals surface area contributed by atoms with Gasteiger partial charge in [0.1, 0.15) is 18.5 Å². The second-order valence-electron chi connectivity index (χ2n) is 4.55. The Labute approximate surface area is 122 Å². The predicted octanol–water partition coefficient (Wildman–Crippen LogP) is 0.783. The minimum Gasteiger partial charge on any atom is -0.497 e. The van der Waals surface area contributed by atoms with Crippen molar-refractivity contribution in [3.05, 3.63) is 24.3 Å². The molecule has 1 aromatic rings. The SMILES string of the molecule is COCC(=O)NCC1CN(c2ccc(OC)cc2)C(=O)O1. The van der Waals surface area contributed by atoms with Crippen LogP contribution < -0.4 is 15.0 Å². The molecule has 1 aromatic carbocycles. The Morgan fingerprint density at radius 2 is 2.10 bits per heavy atom. The van der Waals surface area contributed by atoms with Gasteiger partial charge in [0, 0.05) is 12.8 Å². The summed E-state index contributed by atoms with van der Waals surface area (Å²) in [6.07, 6.45) is -0.799. The monoisotopic (exact) mass is 294 g/mol. The molecule has 2 amide bonds. The lowest BCUT2D eigenvalue weighted by molar-refractivity contribution is -0.125. The third-order valence-corrected chi connectivity index (χ3v) is 3.06. The van der Waals surface area contributed by atoms with E-state index in [4.69, 9.17) is 14.2 Å². The van der Waals surface area contributed by atoms with Gasteiger partial charge in [0.25, 0.3) is 0 Å². The lowest BCUT2D eigenvalue weighted by Crippen LogP contribution is -2.36. The summed E-state index contributed by atoms with van der Waals surface area (Å²) in [4.78, 5) is 24.7. The largest absolute Gasteiger partial charge is 0.497 e. The van der Waals surface area contributed by atoms with Crippen LogP contribution in [-0.2, 0) is 14.3 Å². The van der Waals surface area contributed by atoms with Gasteiger partial charge in [0.15, 0.2) is 0 Å². The average Bonchev–Trinajstić information content (AvgIpc) is 2.87. The number of ether oxygens (including phenoxy) is 3. The van der Waals surface area contributed by atoms with E-state index in [1.165, 1.54) is 12.0 Å². The first-order valence-electron chi connectivity index (χ1n) is 6.52. The molecule has 1 unspecified atom stereocenters. The maximum Gasteiger partial charge on any atom is 0.414 e. The predicted molar refractivity (Wildman–Crippen MR) is 75.5 cm³/mol. The zero-order chi connectivity index (χ0) is 15.2. The van der Waals surface area contributed by atoms with E-state index in [0.717, 1.165) is 11.4 Å². The fourth-order valence-electron chi connectivity index (χ4n) is 2.01. The van der Waals surface area contributed by atoms with Gasteiger partial charge in [-0.25, -0.2) is 4.79 Å². The molecule has 1 N–H and O–H groups in total. The quantitative estimate of drug-likeness (QED) is 0.839. The number of nitrogens with zero attached hydrogens (tertiary/aromatic N) is 1. The van der Waals surface area contributed by atoms with Crippen molar-refractivity contribution in [2.45, 2.75) is 6.10 Å². The summed E-state index contributed by atoms with van der Waals surface area (Å²) in [6.45, 7) is 0.641. The van der Waals surface area contributed by atoms with E-state index >= 15 is 0 Å². The molecule has 0 aliphatic carbocycles. The van der Waals surface area contributed by atoms with Crippen molar-refractivity contribution in [1.29, 1.82) is 0 Å². The van der Waals surface area contributed by atoms with Crippen LogP contribution in [0.4, 0.5) is 10.5 Å². The van der Waals surface area contributed by atoms with Crippen LogP contribution in [0, 0.1) is 0 Å². The third kappa shape index (κ3) is 3.85. The van der Waals surface area contributed by atoms with Crippen LogP contribution in [0.1, 0.15) is 0 Å². The molecule has 1 fully saturated rings. The van der Waals surface area contributed by atoms with Gasteiger partial charge >= 0.3 is 6.09 Å². The van der Waals surface area contributed by atoms with Gasteiger partial charge < -0.3 is 19.5 Å². The van der Waals surface area contributed by atoms with Gasteiger partial charge in [-0.1, -0.05) is 0 Å². The first kappa shape index (κ1) is 15.1. The molecule has 0 radical (unpaired) electrons. The van der Waals surface area contributed by atoms with Gasteiger partial charge in [0.2, 0.25) is 5.91 Å². The number of carbonyl (C=O) groups excluding carboxylic acids is 2. The second kappa shape index (κ2) is 6.94. The Bertz CT molecular complexity index is 503. The summed E-state index contributed by atoms with van der Waals surface area (Å²) in [7, 11) is 3.03. The van der Waals surface area contributed by atoms with Crippen molar-refractivity contribution >= 4 is 17.7 Å². The van der Waals surface area contributed by atoms with E-state index in [-0.39, 0.29) is 25.2 Å². The van der Waals surface area contributed by atoms with Crippen LogP contribution in [0.25, 0.3) is 0 Å². The number of benzene rings is 1. The van der Waals surface area contributed by atoms with Crippen LogP contribution in [0.5, 0.6) is 5.75 Å². The maximum absolute atomic E-state index is 11.8. The molecule has 1 heterocycles. The average molecular weight is 294 g/mol. The third-order valence-electron chi connectivity index (χ3n) is 3.06. The second-order valence-corrected chi connectivity index (χ2v) is 4.55. The number of amides is 2. The molecule has 0 spiro atoms. The molecular weight excluding hydrogens is 276 g/mol. The van der Waals surface area contributed by atoms with Crippen molar-refractivity contribution in [3.8, 4) is 5.75 Å². The topological polar surface area (TPSA) is 77.1 Å². The molecule has 0 bridgehead atoms. The van der Waals surface area contributed by atoms with E-state index in [9.17, 15) is 9.59 Å². The van der Waals surface area contributed by atoms with E-state index < -0.39 is 6.09 Å². The molecule has 2 rings (SSSR count). The summed E-state index contributed by atoms with van der Waals surface area (Å²) in [6, 6.07) is 7.12. The standard InChI is InChI=1S/C14H18N2O5/c1-19-9-13(17)15-7-12-8-16(14(18)21-12)10-3-5-11(20-2)6-4-10/h3-6,12H,7-9H2,1-2H3,(H,15,17). The number of nitrogens with one attached hydrogen (secondary N) is 1. The van der Waals surface area contributed by atoms with E-state index in [0.29, 0.717) is 6.54 Å². The van der Waals surface area contributed by atoms with Crippen molar-refractivity contribution in [3.63, 3.8) is 0 Å². The van der Waals surface area contributed by atoms with Crippen LogP contribution in [0.3, 0.4) is 0 Å². The zero-order valence-electron chi connectivity index (χ0n) is 12.0. The minimum atomic E-state index is -0.425. The van der Waals surface area contributed by atoms with E-state index in [1.807, 2.05) is 0 Å². The van der Waals surface area contributed by atoms with Crippen molar-refractivity contribution < 1.29 is 23.8 Å². The molecule has 0 aromatic heterocycles. The number of cyclic esters (lactones) is 1. The first-order valence-corrected chi connectivity index (χ1v) is 6.52. The highest BCUT2D eigenvalue weighted by Gasteiger charge is 2.32. The normalized spacial score (nSPS) is 17.5. The number of hydrogen-bond acceptors (Lipinski definition) is 5. The highest BCUT2D eigenvalue weighted by Crippen LogP contribution is 2.23. The number of hydrogen-bond donors (Lipinski definition) is 1. The fourth-order valence-corrected chi connectivity index (χ4v) is 2.01. The highest BCUT2D eigenvalue weighted by atomic mass is 16.6. The summed E-state index contributed by atoms with van der Waals surface area (Å²) in [5.74, 6) is 0.478. The van der Waals surface area contributed by atoms with Gasteiger partial charge in [-0.3, -0.25) is 9.69 Å². The molecular formula is C14H18N2O5. The number of methoxy groups -OCH3 is 2. The summed E-state index contributed by atoms with van der Waals surface area (Å²) in [5.41, 5.74) is 0.728. The lowest BCUT2D eigenvalue weighted by atomic mass is 10.2. The van der Waals surface area contributed by atoms with Gasteiger partial charge in [0.05, 0.1) is 20.2 Å². The lowest BCUT2D eigenvalue weighted by Gasteiger charge is -2.13. The van der Waals surface area contributed by atoms with Crippen molar-refractivity contribution in [1.82, 2.24) is 5.32 Å². The number of carbonyl (C=O) groups is 2. The Balaban J connectivity index is 1.91. The number of rotatable bonds is 6. The van der Waals surface area contributed by atoms with Gasteiger partial charge in [-0.05, 0) is 24.3 Å². The molecule has 7 heteroatoms. The van der Waals surface area contributed by atoms with Gasteiger partial charge in [-0.15, -0.1) is 0 Å². The summed E-state index contributed by atoms with van der Waals surface area (Å²) < 4.78 is 15.0. The Kier molecular flexibility index (Phi) is 4.99. The van der Waals surface area contributed by atoms with E-state index in [1.54, 1.807) is 31.4 Å². The molecule has 1 aliphatic heterocycles.